The van der Waals surface area contributed by atoms with Crippen LogP contribution in [-0.2, 0) is 25.7 Å². The van der Waals surface area contributed by atoms with Gasteiger partial charge in [0.1, 0.15) is 12.1 Å². The Morgan fingerprint density at radius 2 is 1.97 bits per heavy atom. The van der Waals surface area contributed by atoms with Crippen LogP contribution in [0, 0.1) is 5.92 Å². The predicted molar refractivity (Wildman–Crippen MR) is 115 cm³/mol. The Morgan fingerprint density at radius 3 is 2.52 bits per heavy atom. The van der Waals surface area contributed by atoms with Gasteiger partial charge in [0.25, 0.3) is 6.47 Å². The molecule has 3 amide bonds. The van der Waals surface area contributed by atoms with Gasteiger partial charge in [-0.3, -0.25) is 24.2 Å². The van der Waals surface area contributed by atoms with Crippen LogP contribution in [-0.4, -0.2) is 70.9 Å². The molecule has 0 saturated carbocycles. The molecule has 172 valence electrons. The number of carbonyl (C=O) groups is 4. The van der Waals surface area contributed by atoms with Crippen molar-refractivity contribution in [2.75, 3.05) is 13.6 Å². The molecule has 4 N–H and O–H groups in total. The quantitative estimate of drug-likeness (QED) is 0.426. The first-order valence-corrected chi connectivity index (χ1v) is 10.3. The highest BCUT2D eigenvalue weighted by Crippen LogP contribution is 2.20. The van der Waals surface area contributed by atoms with Crippen LogP contribution in [0.5, 0.6) is 0 Å². The molecule has 1 fully saturated rings. The lowest BCUT2D eigenvalue weighted by Gasteiger charge is -2.31. The van der Waals surface area contributed by atoms with E-state index in [1.54, 1.807) is 25.1 Å². The molecular weight excluding hydrogens is 402 g/mol. The van der Waals surface area contributed by atoms with E-state index in [-0.39, 0.29) is 30.1 Å². The summed E-state index contributed by atoms with van der Waals surface area (Å²) >= 11 is 0. The van der Waals surface area contributed by atoms with Crippen molar-refractivity contribution in [3.8, 4) is 0 Å². The highest BCUT2D eigenvalue weighted by atomic mass is 16.3. The zero-order valence-electron chi connectivity index (χ0n) is 18.5. The van der Waals surface area contributed by atoms with E-state index < -0.39 is 18.1 Å². The van der Waals surface area contributed by atoms with Crippen molar-refractivity contribution in [3.05, 3.63) is 30.1 Å². The lowest BCUT2D eigenvalue weighted by Crippen LogP contribution is -2.57. The normalized spacial score (nSPS) is 17.2. The molecule has 1 aliphatic rings. The van der Waals surface area contributed by atoms with Gasteiger partial charge in [-0.05, 0) is 44.9 Å². The zero-order chi connectivity index (χ0) is 23.4. The number of nitrogens with zero attached hydrogens (tertiary/aromatic N) is 2. The molecule has 10 nitrogen and oxygen atoms in total. The van der Waals surface area contributed by atoms with Crippen LogP contribution in [0.1, 0.15) is 39.3 Å². The standard InChI is InChI=1S/C20H31N5O3.CH2O2/c1-13(2)17(24-18(26)14(3)21-4)20(28)25-11-7-9-16(25)19(27)23-12-15-8-5-6-10-22-15;2-1-3/h5-6,8,10,13-14,16-17,21H,7,9,11-12H2,1-4H3,(H,23,27)(H,24,26);1H,(H,2,3)/t14-,16-,17+;/m0./s1. The second kappa shape index (κ2) is 13.3. The number of hydrogen-bond acceptors (Lipinski definition) is 6. The number of likely N-dealkylation sites (N-methyl/N-ethyl adjacent to an activating group) is 1. The van der Waals surface area contributed by atoms with Crippen molar-refractivity contribution in [2.45, 2.75) is 58.3 Å². The first kappa shape index (κ1) is 26.0. The van der Waals surface area contributed by atoms with Gasteiger partial charge in [-0.15, -0.1) is 0 Å². The first-order chi connectivity index (χ1) is 14.8. The van der Waals surface area contributed by atoms with Crippen molar-refractivity contribution < 1.29 is 24.3 Å². The van der Waals surface area contributed by atoms with E-state index in [0.29, 0.717) is 19.5 Å². The fourth-order valence-electron chi connectivity index (χ4n) is 3.20. The molecule has 0 bridgehead atoms. The summed E-state index contributed by atoms with van der Waals surface area (Å²) in [6, 6.07) is 3.94. The average Bonchev–Trinajstić information content (AvgIpc) is 3.25. The van der Waals surface area contributed by atoms with Gasteiger partial charge >= 0.3 is 0 Å². The van der Waals surface area contributed by atoms with Crippen LogP contribution < -0.4 is 16.0 Å². The van der Waals surface area contributed by atoms with E-state index in [1.807, 2.05) is 32.0 Å². The summed E-state index contributed by atoms with van der Waals surface area (Å²) in [6.45, 7) is 6.10. The minimum Gasteiger partial charge on any atom is -0.483 e. The highest BCUT2D eigenvalue weighted by Gasteiger charge is 2.38. The summed E-state index contributed by atoms with van der Waals surface area (Å²) in [7, 11) is 1.69. The third kappa shape index (κ3) is 7.97. The van der Waals surface area contributed by atoms with E-state index in [4.69, 9.17) is 9.90 Å². The molecule has 1 aromatic heterocycles. The number of rotatable bonds is 8. The van der Waals surface area contributed by atoms with E-state index in [1.165, 1.54) is 0 Å². The largest absolute Gasteiger partial charge is 0.483 e. The molecular formula is C21H33N5O5. The Balaban J connectivity index is 0.00000151. The molecule has 3 atom stereocenters. The highest BCUT2D eigenvalue weighted by molar-refractivity contribution is 5.93. The number of pyridine rings is 1. The summed E-state index contributed by atoms with van der Waals surface area (Å²) < 4.78 is 0. The molecule has 1 aliphatic heterocycles. The van der Waals surface area contributed by atoms with Gasteiger partial charge in [0.15, 0.2) is 0 Å². The first-order valence-electron chi connectivity index (χ1n) is 10.3. The molecule has 2 rings (SSSR count). The van der Waals surface area contributed by atoms with Crippen molar-refractivity contribution in [3.63, 3.8) is 0 Å². The van der Waals surface area contributed by atoms with Crippen molar-refractivity contribution >= 4 is 24.2 Å². The number of carbonyl (C=O) groups excluding carboxylic acids is 3. The summed E-state index contributed by atoms with van der Waals surface area (Å²) in [5, 5.41) is 15.5. The number of amides is 3. The molecule has 0 aromatic carbocycles. The van der Waals surface area contributed by atoms with E-state index >= 15 is 0 Å². The SMILES string of the molecule is CN[C@@H](C)C(=O)N[C@@H](C(=O)N1CCC[C@H]1C(=O)NCc1ccccn1)C(C)C.O=CO. The van der Waals surface area contributed by atoms with E-state index in [2.05, 4.69) is 20.9 Å². The third-order valence-corrected chi connectivity index (χ3v) is 5.07. The summed E-state index contributed by atoms with van der Waals surface area (Å²) in [6.07, 6.45) is 3.06. The molecule has 1 saturated heterocycles. The molecule has 0 unspecified atom stereocenters. The minimum atomic E-state index is -0.660. The van der Waals surface area contributed by atoms with Gasteiger partial charge in [-0.1, -0.05) is 19.9 Å². The average molecular weight is 436 g/mol. The predicted octanol–water partition coefficient (Wildman–Crippen LogP) is 0.138. The molecule has 0 aliphatic carbocycles. The van der Waals surface area contributed by atoms with E-state index in [0.717, 1.165) is 12.1 Å². The van der Waals surface area contributed by atoms with Gasteiger partial charge in [0.2, 0.25) is 17.7 Å². The molecule has 31 heavy (non-hydrogen) atoms. The van der Waals surface area contributed by atoms with Crippen molar-refractivity contribution in [1.29, 1.82) is 0 Å². The molecule has 0 radical (unpaired) electrons. The van der Waals surface area contributed by atoms with Gasteiger partial charge < -0.3 is 26.0 Å². The Hall–Kier alpha value is -3.01. The van der Waals surface area contributed by atoms with Gasteiger partial charge in [0.05, 0.1) is 18.3 Å². The molecule has 2 heterocycles. The summed E-state index contributed by atoms with van der Waals surface area (Å²) in [4.78, 5) is 52.2. The topological polar surface area (TPSA) is 141 Å². The fourth-order valence-corrected chi connectivity index (χ4v) is 3.20. The van der Waals surface area contributed by atoms with Crippen LogP contribution in [0.25, 0.3) is 0 Å². The third-order valence-electron chi connectivity index (χ3n) is 5.07. The van der Waals surface area contributed by atoms with Gasteiger partial charge in [0, 0.05) is 12.7 Å². The van der Waals surface area contributed by atoms with Gasteiger partial charge in [-0.25, -0.2) is 0 Å². The van der Waals surface area contributed by atoms with Crippen LogP contribution in [0.2, 0.25) is 0 Å². The van der Waals surface area contributed by atoms with Crippen LogP contribution in [0.3, 0.4) is 0 Å². The zero-order valence-corrected chi connectivity index (χ0v) is 18.5. The Kier molecular flexibility index (Phi) is 11.2. The van der Waals surface area contributed by atoms with Crippen LogP contribution in [0.4, 0.5) is 0 Å². The number of aromatic nitrogens is 1. The second-order valence-electron chi connectivity index (χ2n) is 7.57. The van der Waals surface area contributed by atoms with E-state index in [9.17, 15) is 14.4 Å². The maximum atomic E-state index is 13.1. The fraction of sp³-hybridized carbons (Fsp3) is 0.571. The van der Waals surface area contributed by atoms with Gasteiger partial charge in [-0.2, -0.15) is 0 Å². The number of hydrogen-bond donors (Lipinski definition) is 4. The number of likely N-dealkylation sites (tertiary alicyclic amines) is 1. The lowest BCUT2D eigenvalue weighted by molar-refractivity contribution is -0.142. The summed E-state index contributed by atoms with van der Waals surface area (Å²) in [5.41, 5.74) is 0.764. The van der Waals surface area contributed by atoms with Crippen LogP contribution >= 0.6 is 0 Å². The van der Waals surface area contributed by atoms with Crippen molar-refractivity contribution in [2.24, 2.45) is 5.92 Å². The molecule has 0 spiro atoms. The van der Waals surface area contributed by atoms with Crippen molar-refractivity contribution in [1.82, 2.24) is 25.8 Å². The number of carboxylic acid groups (broad SMARTS) is 1. The smallest absolute Gasteiger partial charge is 0.290 e. The molecule has 10 heteroatoms. The van der Waals surface area contributed by atoms with Crippen LogP contribution in [0.15, 0.2) is 24.4 Å². The number of nitrogens with one attached hydrogen (secondary N) is 3. The Labute approximate surface area is 182 Å². The Morgan fingerprint density at radius 1 is 1.29 bits per heavy atom. The maximum Gasteiger partial charge on any atom is 0.290 e. The lowest BCUT2D eigenvalue weighted by atomic mass is 10.0. The molecule has 1 aromatic rings. The monoisotopic (exact) mass is 435 g/mol. The minimum absolute atomic E-state index is 0.0849. The second-order valence-corrected chi connectivity index (χ2v) is 7.57. The Bertz CT molecular complexity index is 728. The maximum absolute atomic E-state index is 13.1. The summed E-state index contributed by atoms with van der Waals surface area (Å²) in [5.74, 6) is -0.709.